The molecule has 3 aliphatic rings. The number of amides is 2. The molecule has 1 spiro atoms. The van der Waals surface area contributed by atoms with E-state index in [1.54, 1.807) is 0 Å². The molecule has 2 fully saturated rings. The third-order valence-electron chi connectivity index (χ3n) is 4.86. The van der Waals surface area contributed by atoms with Crippen molar-refractivity contribution in [1.29, 1.82) is 0 Å². The van der Waals surface area contributed by atoms with E-state index in [0.29, 0.717) is 13.0 Å². The van der Waals surface area contributed by atoms with Gasteiger partial charge in [0.05, 0.1) is 5.41 Å². The molecule has 1 aliphatic carbocycles. The number of hydrogen-bond donors (Lipinski definition) is 1. The van der Waals surface area contributed by atoms with Crippen LogP contribution in [0.25, 0.3) is 0 Å². The molecule has 19 heavy (non-hydrogen) atoms. The Hall–Kier alpha value is -1.16. The number of carbonyl (C=O) groups is 2. The van der Waals surface area contributed by atoms with Gasteiger partial charge in [-0.25, -0.2) is 0 Å². The first-order valence-electron chi connectivity index (χ1n) is 7.45. The number of rotatable bonds is 3. The summed E-state index contributed by atoms with van der Waals surface area (Å²) in [5.74, 6) is 0.172. The van der Waals surface area contributed by atoms with Crippen LogP contribution < -0.4 is 5.32 Å². The van der Waals surface area contributed by atoms with E-state index < -0.39 is 0 Å². The van der Waals surface area contributed by atoms with Gasteiger partial charge < -0.3 is 5.32 Å². The molecular formula is C15H22N2O2. The van der Waals surface area contributed by atoms with Crippen LogP contribution in [0.2, 0.25) is 0 Å². The predicted octanol–water partition coefficient (Wildman–Crippen LogP) is 1.62. The SMILES string of the molecule is O=C1CC2(CCCC2)C(=O)N1CCC1=CCNCC1. The zero-order valence-electron chi connectivity index (χ0n) is 11.4. The third kappa shape index (κ3) is 2.34. The second kappa shape index (κ2) is 5.08. The van der Waals surface area contributed by atoms with Gasteiger partial charge in [-0.05, 0) is 32.2 Å². The molecule has 2 amide bonds. The Morgan fingerprint density at radius 2 is 2.05 bits per heavy atom. The van der Waals surface area contributed by atoms with Gasteiger partial charge in [0.2, 0.25) is 11.8 Å². The normalized spacial score (nSPS) is 26.3. The number of nitrogens with one attached hydrogen (secondary N) is 1. The zero-order chi connectivity index (χ0) is 13.3. The molecule has 0 unspecified atom stereocenters. The maximum atomic E-state index is 12.5. The molecule has 2 aliphatic heterocycles. The molecule has 0 radical (unpaired) electrons. The van der Waals surface area contributed by atoms with Crippen molar-refractivity contribution >= 4 is 11.8 Å². The number of likely N-dealkylation sites (tertiary alicyclic amines) is 1. The maximum Gasteiger partial charge on any atom is 0.235 e. The fourth-order valence-corrected chi connectivity index (χ4v) is 3.68. The molecule has 2 heterocycles. The fraction of sp³-hybridized carbons (Fsp3) is 0.733. The largest absolute Gasteiger partial charge is 0.313 e. The van der Waals surface area contributed by atoms with Crippen LogP contribution in [0.1, 0.15) is 44.9 Å². The monoisotopic (exact) mass is 262 g/mol. The quantitative estimate of drug-likeness (QED) is 0.621. The van der Waals surface area contributed by atoms with Crippen LogP contribution in [0.5, 0.6) is 0 Å². The van der Waals surface area contributed by atoms with E-state index in [2.05, 4.69) is 11.4 Å². The lowest BCUT2D eigenvalue weighted by Crippen LogP contribution is -2.35. The first-order valence-corrected chi connectivity index (χ1v) is 7.45. The average Bonchev–Trinajstić information content (AvgIpc) is 2.97. The lowest BCUT2D eigenvalue weighted by molar-refractivity contribution is -0.141. The van der Waals surface area contributed by atoms with E-state index in [-0.39, 0.29) is 17.2 Å². The first-order chi connectivity index (χ1) is 9.21. The molecule has 4 nitrogen and oxygen atoms in total. The van der Waals surface area contributed by atoms with E-state index in [9.17, 15) is 9.59 Å². The van der Waals surface area contributed by atoms with Crippen molar-refractivity contribution in [2.45, 2.75) is 44.9 Å². The molecule has 3 rings (SSSR count). The van der Waals surface area contributed by atoms with Crippen molar-refractivity contribution in [2.24, 2.45) is 5.41 Å². The van der Waals surface area contributed by atoms with Gasteiger partial charge in [-0.3, -0.25) is 14.5 Å². The fourth-order valence-electron chi connectivity index (χ4n) is 3.68. The number of carbonyl (C=O) groups excluding carboxylic acids is 2. The Labute approximate surface area is 114 Å². The molecule has 0 aromatic heterocycles. The van der Waals surface area contributed by atoms with Crippen LogP contribution in [0.15, 0.2) is 11.6 Å². The average molecular weight is 262 g/mol. The summed E-state index contributed by atoms with van der Waals surface area (Å²) in [7, 11) is 0. The predicted molar refractivity (Wildman–Crippen MR) is 72.4 cm³/mol. The molecular weight excluding hydrogens is 240 g/mol. The maximum absolute atomic E-state index is 12.5. The molecule has 1 saturated heterocycles. The van der Waals surface area contributed by atoms with Gasteiger partial charge in [0.15, 0.2) is 0 Å². The third-order valence-corrected chi connectivity index (χ3v) is 4.86. The van der Waals surface area contributed by atoms with Crippen molar-refractivity contribution in [3.8, 4) is 0 Å². The van der Waals surface area contributed by atoms with Crippen molar-refractivity contribution < 1.29 is 9.59 Å². The Morgan fingerprint density at radius 1 is 1.26 bits per heavy atom. The summed E-state index contributed by atoms with van der Waals surface area (Å²) in [6, 6.07) is 0. The Balaban J connectivity index is 1.63. The van der Waals surface area contributed by atoms with Crippen molar-refractivity contribution in [3.63, 3.8) is 0 Å². The highest BCUT2D eigenvalue weighted by molar-refractivity contribution is 6.06. The van der Waals surface area contributed by atoms with E-state index in [1.807, 2.05) is 0 Å². The van der Waals surface area contributed by atoms with Crippen molar-refractivity contribution in [3.05, 3.63) is 11.6 Å². The summed E-state index contributed by atoms with van der Waals surface area (Å²) in [5, 5.41) is 3.28. The van der Waals surface area contributed by atoms with Crippen LogP contribution in [0.4, 0.5) is 0 Å². The number of nitrogens with zero attached hydrogens (tertiary/aromatic N) is 1. The molecule has 0 aromatic rings. The van der Waals surface area contributed by atoms with Gasteiger partial charge in [-0.2, -0.15) is 0 Å². The lowest BCUT2D eigenvalue weighted by Gasteiger charge is -2.22. The summed E-state index contributed by atoms with van der Waals surface area (Å²) < 4.78 is 0. The van der Waals surface area contributed by atoms with Crippen LogP contribution in [-0.4, -0.2) is 36.3 Å². The Morgan fingerprint density at radius 3 is 2.74 bits per heavy atom. The van der Waals surface area contributed by atoms with E-state index >= 15 is 0 Å². The van der Waals surface area contributed by atoms with Crippen LogP contribution >= 0.6 is 0 Å². The highest BCUT2D eigenvalue weighted by atomic mass is 16.2. The summed E-state index contributed by atoms with van der Waals surface area (Å²) in [6.45, 7) is 2.52. The summed E-state index contributed by atoms with van der Waals surface area (Å²) in [6.07, 6.45) is 8.59. The zero-order valence-corrected chi connectivity index (χ0v) is 11.4. The summed E-state index contributed by atoms with van der Waals surface area (Å²) in [4.78, 5) is 26.1. The van der Waals surface area contributed by atoms with Gasteiger partial charge in [-0.15, -0.1) is 0 Å². The molecule has 0 bridgehead atoms. The van der Waals surface area contributed by atoms with Crippen LogP contribution in [0, 0.1) is 5.41 Å². The van der Waals surface area contributed by atoms with E-state index in [0.717, 1.165) is 51.6 Å². The van der Waals surface area contributed by atoms with Crippen LogP contribution in [0.3, 0.4) is 0 Å². The Bertz CT molecular complexity index is 422. The highest BCUT2D eigenvalue weighted by Crippen LogP contribution is 2.46. The van der Waals surface area contributed by atoms with Gasteiger partial charge in [0.1, 0.15) is 0 Å². The minimum Gasteiger partial charge on any atom is -0.313 e. The first kappa shape index (κ1) is 12.9. The minimum atomic E-state index is -0.306. The van der Waals surface area contributed by atoms with Gasteiger partial charge in [0, 0.05) is 19.5 Å². The molecule has 104 valence electrons. The van der Waals surface area contributed by atoms with E-state index in [1.165, 1.54) is 10.5 Å². The topological polar surface area (TPSA) is 49.4 Å². The molecule has 1 saturated carbocycles. The summed E-state index contributed by atoms with van der Waals surface area (Å²) in [5.41, 5.74) is 1.08. The number of imide groups is 1. The van der Waals surface area contributed by atoms with Gasteiger partial charge >= 0.3 is 0 Å². The second-order valence-corrected chi connectivity index (χ2v) is 6.08. The standard InChI is InChI=1S/C15H22N2O2/c18-13-11-15(6-1-2-7-15)14(19)17(13)10-5-12-3-8-16-9-4-12/h3,16H,1-2,4-11H2. The van der Waals surface area contributed by atoms with Crippen molar-refractivity contribution in [2.75, 3.05) is 19.6 Å². The van der Waals surface area contributed by atoms with Crippen LogP contribution in [-0.2, 0) is 9.59 Å². The molecule has 4 heteroatoms. The van der Waals surface area contributed by atoms with Crippen molar-refractivity contribution in [1.82, 2.24) is 10.2 Å². The molecule has 0 atom stereocenters. The highest BCUT2D eigenvalue weighted by Gasteiger charge is 2.52. The summed E-state index contributed by atoms with van der Waals surface area (Å²) >= 11 is 0. The van der Waals surface area contributed by atoms with Gasteiger partial charge in [0.25, 0.3) is 0 Å². The lowest BCUT2D eigenvalue weighted by atomic mass is 9.84. The Kier molecular flexibility index (Phi) is 3.44. The van der Waals surface area contributed by atoms with Gasteiger partial charge in [-0.1, -0.05) is 24.5 Å². The molecule has 0 aromatic carbocycles. The number of hydrogen-bond acceptors (Lipinski definition) is 3. The smallest absolute Gasteiger partial charge is 0.235 e. The minimum absolute atomic E-state index is 0.0569. The van der Waals surface area contributed by atoms with E-state index in [4.69, 9.17) is 0 Å². The second-order valence-electron chi connectivity index (χ2n) is 6.08. The molecule has 1 N–H and O–H groups in total.